The molecule has 8 heteroatoms. The molecule has 3 rings (SSSR count). The van der Waals surface area contributed by atoms with E-state index < -0.39 is 4.92 Å². The minimum Gasteiger partial charge on any atom is -0.497 e. The second kappa shape index (κ2) is 6.86. The Balaban J connectivity index is 2.12. The van der Waals surface area contributed by atoms with E-state index in [9.17, 15) is 15.4 Å². The van der Waals surface area contributed by atoms with Crippen LogP contribution < -0.4 is 10.5 Å². The van der Waals surface area contributed by atoms with Crippen LogP contribution in [0.15, 0.2) is 48.5 Å². The molecule has 0 radical (unpaired) electrons. The molecule has 0 aliphatic heterocycles. The zero-order valence-electron chi connectivity index (χ0n) is 13.7. The molecule has 0 fully saturated rings. The number of nitrogens with two attached hydrogens (primary N) is 1. The minimum atomic E-state index is -0.494. The Bertz CT molecular complexity index is 1010. The number of anilines is 1. The summed E-state index contributed by atoms with van der Waals surface area (Å²) in [7, 11) is 1.57. The Morgan fingerprint density at radius 2 is 1.69 bits per heavy atom. The summed E-state index contributed by atoms with van der Waals surface area (Å²) in [5.74, 6) is 1.07. The zero-order valence-corrected chi connectivity index (χ0v) is 13.7. The van der Waals surface area contributed by atoms with Crippen molar-refractivity contribution >= 4 is 11.5 Å². The number of hydrogen-bond acceptors (Lipinski definition) is 7. The number of hydrogen-bond donors (Lipinski definition) is 1. The van der Waals surface area contributed by atoms with Crippen molar-refractivity contribution in [3.63, 3.8) is 0 Å². The summed E-state index contributed by atoms with van der Waals surface area (Å²) in [5.41, 5.74) is 7.56. The van der Waals surface area contributed by atoms with Crippen LogP contribution >= 0.6 is 0 Å². The second-order valence-electron chi connectivity index (χ2n) is 5.30. The Labute approximate surface area is 148 Å². The summed E-state index contributed by atoms with van der Waals surface area (Å²) >= 11 is 0. The van der Waals surface area contributed by atoms with Crippen LogP contribution in [-0.4, -0.2) is 22.0 Å². The van der Waals surface area contributed by atoms with E-state index in [2.05, 4.69) is 9.97 Å². The quantitative estimate of drug-likeness (QED) is 0.567. The van der Waals surface area contributed by atoms with Gasteiger partial charge in [-0.05, 0) is 36.4 Å². The highest BCUT2D eigenvalue weighted by Crippen LogP contribution is 2.29. The Hall–Kier alpha value is -3.99. The molecule has 2 N–H and O–H groups in total. The van der Waals surface area contributed by atoms with Gasteiger partial charge in [0.25, 0.3) is 5.69 Å². The summed E-state index contributed by atoms with van der Waals surface area (Å²) in [4.78, 5) is 19.0. The summed E-state index contributed by atoms with van der Waals surface area (Å²) in [6.45, 7) is 0. The van der Waals surface area contributed by atoms with Crippen LogP contribution in [0.1, 0.15) is 5.56 Å². The predicted molar refractivity (Wildman–Crippen MR) is 95.2 cm³/mol. The number of nitro benzene ring substituents is 1. The molecule has 1 aromatic heterocycles. The molecule has 0 saturated heterocycles. The third kappa shape index (κ3) is 3.14. The van der Waals surface area contributed by atoms with Gasteiger partial charge in [-0.2, -0.15) is 5.26 Å². The van der Waals surface area contributed by atoms with E-state index in [1.165, 1.54) is 24.3 Å². The fourth-order valence-corrected chi connectivity index (χ4v) is 2.41. The molecule has 0 aliphatic rings. The molecule has 8 nitrogen and oxygen atoms in total. The van der Waals surface area contributed by atoms with Gasteiger partial charge in [0, 0.05) is 23.3 Å². The summed E-state index contributed by atoms with van der Waals surface area (Å²) < 4.78 is 5.13. The largest absolute Gasteiger partial charge is 0.497 e. The lowest BCUT2D eigenvalue weighted by atomic mass is 10.1. The highest BCUT2D eigenvalue weighted by molar-refractivity contribution is 5.75. The van der Waals surface area contributed by atoms with Crippen LogP contribution in [0, 0.1) is 21.4 Å². The lowest BCUT2D eigenvalue weighted by Gasteiger charge is -2.09. The Morgan fingerprint density at radius 1 is 1.08 bits per heavy atom. The summed E-state index contributed by atoms with van der Waals surface area (Å²) in [6.07, 6.45) is 0. The molecule has 26 heavy (non-hydrogen) atoms. The smallest absolute Gasteiger partial charge is 0.269 e. The zero-order chi connectivity index (χ0) is 18.7. The number of ether oxygens (including phenoxy) is 1. The Morgan fingerprint density at radius 3 is 2.23 bits per heavy atom. The first-order valence-electron chi connectivity index (χ1n) is 7.50. The van der Waals surface area contributed by atoms with Gasteiger partial charge in [-0.25, -0.2) is 9.97 Å². The van der Waals surface area contributed by atoms with Gasteiger partial charge in [0.05, 0.1) is 17.7 Å². The minimum absolute atomic E-state index is 0.0432. The summed E-state index contributed by atoms with van der Waals surface area (Å²) in [6, 6.07) is 14.8. The third-order valence-electron chi connectivity index (χ3n) is 3.75. The number of nitriles is 1. The average Bonchev–Trinajstić information content (AvgIpc) is 2.67. The van der Waals surface area contributed by atoms with Crippen LogP contribution in [0.5, 0.6) is 5.75 Å². The number of nitro groups is 1. The van der Waals surface area contributed by atoms with Crippen LogP contribution in [0.2, 0.25) is 0 Å². The maximum Gasteiger partial charge on any atom is 0.269 e. The standard InChI is InChI=1S/C18H13N5O3/c1-26-14-8-4-12(5-9-14)18-21-16(15(10-19)17(20)22-18)11-2-6-13(7-3-11)23(24)25/h2-9H,1H3,(H2,20,21,22). The maximum absolute atomic E-state index is 10.8. The maximum atomic E-state index is 10.8. The second-order valence-corrected chi connectivity index (χ2v) is 5.30. The van der Waals surface area contributed by atoms with E-state index in [1.54, 1.807) is 31.4 Å². The first kappa shape index (κ1) is 16.9. The first-order chi connectivity index (χ1) is 12.5. The molecule has 128 valence electrons. The van der Waals surface area contributed by atoms with Gasteiger partial charge in [0.1, 0.15) is 23.2 Å². The lowest BCUT2D eigenvalue weighted by Crippen LogP contribution is -2.03. The van der Waals surface area contributed by atoms with Crippen LogP contribution in [0.25, 0.3) is 22.6 Å². The number of rotatable bonds is 4. The van der Waals surface area contributed by atoms with Gasteiger partial charge in [0.2, 0.25) is 0 Å². The fourth-order valence-electron chi connectivity index (χ4n) is 2.41. The lowest BCUT2D eigenvalue weighted by molar-refractivity contribution is -0.384. The van der Waals surface area contributed by atoms with Gasteiger partial charge in [-0.1, -0.05) is 0 Å². The molecule has 0 unspecified atom stereocenters. The van der Waals surface area contributed by atoms with E-state index in [0.717, 1.165) is 0 Å². The molecule has 3 aromatic rings. The van der Waals surface area contributed by atoms with E-state index in [4.69, 9.17) is 10.5 Å². The molecule has 0 atom stereocenters. The fraction of sp³-hybridized carbons (Fsp3) is 0.0556. The molecule has 2 aromatic carbocycles. The van der Waals surface area contributed by atoms with Crippen LogP contribution in [0.4, 0.5) is 11.5 Å². The van der Waals surface area contributed by atoms with Gasteiger partial charge in [-0.15, -0.1) is 0 Å². The van der Waals surface area contributed by atoms with Gasteiger partial charge >= 0.3 is 0 Å². The molecule has 0 spiro atoms. The highest BCUT2D eigenvalue weighted by Gasteiger charge is 2.16. The first-order valence-corrected chi connectivity index (χ1v) is 7.50. The highest BCUT2D eigenvalue weighted by atomic mass is 16.6. The normalized spacial score (nSPS) is 10.2. The van der Waals surface area contributed by atoms with E-state index in [-0.39, 0.29) is 17.1 Å². The van der Waals surface area contributed by atoms with Crippen molar-refractivity contribution in [2.24, 2.45) is 0 Å². The van der Waals surface area contributed by atoms with Gasteiger partial charge in [0.15, 0.2) is 5.82 Å². The molecule has 0 aliphatic carbocycles. The number of nitrogens with zero attached hydrogens (tertiary/aromatic N) is 4. The summed E-state index contributed by atoms with van der Waals surface area (Å²) in [5, 5.41) is 20.2. The van der Waals surface area contributed by atoms with E-state index in [1.807, 2.05) is 6.07 Å². The van der Waals surface area contributed by atoms with Crippen molar-refractivity contribution in [3.8, 4) is 34.5 Å². The van der Waals surface area contributed by atoms with Crippen molar-refractivity contribution in [2.45, 2.75) is 0 Å². The number of benzene rings is 2. The van der Waals surface area contributed by atoms with Crippen molar-refractivity contribution < 1.29 is 9.66 Å². The van der Waals surface area contributed by atoms with Gasteiger partial charge in [-0.3, -0.25) is 10.1 Å². The molecular weight excluding hydrogens is 334 g/mol. The third-order valence-corrected chi connectivity index (χ3v) is 3.75. The molecular formula is C18H13N5O3. The topological polar surface area (TPSA) is 128 Å². The van der Waals surface area contributed by atoms with E-state index in [0.29, 0.717) is 28.4 Å². The van der Waals surface area contributed by atoms with Crippen molar-refractivity contribution in [1.29, 1.82) is 5.26 Å². The van der Waals surface area contributed by atoms with Crippen molar-refractivity contribution in [3.05, 3.63) is 64.2 Å². The number of methoxy groups -OCH3 is 1. The Kier molecular flexibility index (Phi) is 4.45. The SMILES string of the molecule is COc1ccc(-c2nc(N)c(C#N)c(-c3ccc([N+](=O)[O-])cc3)n2)cc1. The number of aromatic nitrogens is 2. The monoisotopic (exact) mass is 347 g/mol. The molecule has 0 saturated carbocycles. The van der Waals surface area contributed by atoms with Crippen molar-refractivity contribution in [2.75, 3.05) is 12.8 Å². The molecule has 1 heterocycles. The average molecular weight is 347 g/mol. The van der Waals surface area contributed by atoms with Gasteiger partial charge < -0.3 is 10.5 Å². The van der Waals surface area contributed by atoms with Crippen LogP contribution in [-0.2, 0) is 0 Å². The number of non-ortho nitro benzene ring substituents is 1. The molecule has 0 bridgehead atoms. The van der Waals surface area contributed by atoms with Crippen LogP contribution in [0.3, 0.4) is 0 Å². The van der Waals surface area contributed by atoms with E-state index >= 15 is 0 Å². The predicted octanol–water partition coefficient (Wildman–Crippen LogP) is 3.18. The number of nitrogen functional groups attached to an aromatic ring is 1. The van der Waals surface area contributed by atoms with Crippen molar-refractivity contribution in [1.82, 2.24) is 9.97 Å². The molecule has 0 amide bonds.